The van der Waals surface area contributed by atoms with Crippen molar-refractivity contribution in [2.45, 2.75) is 32.5 Å². The van der Waals surface area contributed by atoms with Gasteiger partial charge in [-0.3, -0.25) is 0 Å². The Kier molecular flexibility index (Phi) is 7.16. The second-order valence-corrected chi connectivity index (χ2v) is 7.52. The van der Waals surface area contributed by atoms with Gasteiger partial charge >= 0.3 is 5.97 Å². The monoisotopic (exact) mass is 456 g/mol. The van der Waals surface area contributed by atoms with Crippen molar-refractivity contribution >= 4 is 28.6 Å². The van der Waals surface area contributed by atoms with Gasteiger partial charge in [-0.15, -0.1) is 22.7 Å². The maximum Gasteiger partial charge on any atom is 0.349 e. The lowest BCUT2D eigenvalue weighted by atomic mass is 10.0. The van der Waals surface area contributed by atoms with Crippen LogP contribution in [0.15, 0.2) is 47.4 Å². The van der Waals surface area contributed by atoms with Crippen LogP contribution in [0.25, 0.3) is 0 Å². The average molecular weight is 457 g/mol. The molecule has 3 heterocycles. The minimum Gasteiger partial charge on any atom is -1.00 e. The minimum atomic E-state index is -1.74. The number of hydrogen-bond acceptors (Lipinski definition) is 5. The molecule has 0 unspecified atom stereocenters. The first kappa shape index (κ1) is 20.8. The summed E-state index contributed by atoms with van der Waals surface area (Å²) in [4.78, 5) is 13.9. The van der Waals surface area contributed by atoms with Gasteiger partial charge in [0, 0.05) is 6.92 Å². The number of thiophene rings is 2. The average Bonchev–Trinajstić information content (AvgIpc) is 3.37. The summed E-state index contributed by atoms with van der Waals surface area (Å²) in [7, 11) is 0. The van der Waals surface area contributed by atoms with Crippen LogP contribution in [0.2, 0.25) is 0 Å². The molecule has 1 N–H and O–H groups in total. The highest BCUT2D eigenvalue weighted by molar-refractivity contribution is 7.12. The van der Waals surface area contributed by atoms with E-state index >= 15 is 0 Å². The number of imidazole rings is 1. The first-order valence-corrected chi connectivity index (χ1v) is 9.86. The standard InChI is InChI=1S/C18H21N2O3S2.BrH/c1-3-19-8-9-20(14(19)2)10-11-23-17(21)18(22,15-6-4-12-24-15)16-7-5-13-25-16;/h4-9,12-13,22H,3,10-11H2,1-2H3;1H/q+1;/p-1. The smallest absolute Gasteiger partial charge is 0.349 e. The quantitative estimate of drug-likeness (QED) is 0.392. The molecular formula is C18H21BrN2O3S2. The van der Waals surface area contributed by atoms with Gasteiger partial charge in [0.05, 0.1) is 16.3 Å². The molecule has 0 aromatic carbocycles. The summed E-state index contributed by atoms with van der Waals surface area (Å²) in [5.41, 5.74) is -1.74. The molecule has 0 atom stereocenters. The van der Waals surface area contributed by atoms with Gasteiger partial charge in [0.1, 0.15) is 25.5 Å². The maximum atomic E-state index is 12.7. The van der Waals surface area contributed by atoms with Gasteiger partial charge in [0.25, 0.3) is 5.82 Å². The largest absolute Gasteiger partial charge is 1.00 e. The van der Waals surface area contributed by atoms with Crippen LogP contribution in [-0.2, 0) is 28.2 Å². The summed E-state index contributed by atoms with van der Waals surface area (Å²) >= 11 is 2.68. The number of aliphatic hydroxyl groups is 1. The topological polar surface area (TPSA) is 55.3 Å². The molecule has 140 valence electrons. The highest BCUT2D eigenvalue weighted by atomic mass is 79.9. The number of aromatic nitrogens is 2. The Labute approximate surface area is 171 Å². The molecule has 0 fully saturated rings. The van der Waals surface area contributed by atoms with Crippen molar-refractivity contribution in [3.63, 3.8) is 0 Å². The van der Waals surface area contributed by atoms with Crippen molar-refractivity contribution in [2.75, 3.05) is 6.61 Å². The van der Waals surface area contributed by atoms with Gasteiger partial charge in [-0.2, -0.15) is 0 Å². The first-order valence-electron chi connectivity index (χ1n) is 8.10. The Balaban J connectivity index is 0.00000243. The SMILES string of the molecule is CC[n+]1ccn(CCOC(=O)C(O)(c2cccs2)c2cccs2)c1C.[Br-]. The van der Waals surface area contributed by atoms with Crippen LogP contribution >= 0.6 is 22.7 Å². The van der Waals surface area contributed by atoms with E-state index in [4.69, 9.17) is 4.74 Å². The first-order chi connectivity index (χ1) is 12.1. The molecule has 3 aromatic rings. The number of ether oxygens (including phenoxy) is 1. The summed E-state index contributed by atoms with van der Waals surface area (Å²) in [5, 5.41) is 14.8. The summed E-state index contributed by atoms with van der Waals surface area (Å²) < 4.78 is 9.61. The van der Waals surface area contributed by atoms with Crippen molar-refractivity contribution < 1.29 is 36.2 Å². The third-order valence-electron chi connectivity index (χ3n) is 4.21. The zero-order chi connectivity index (χ0) is 17.9. The normalized spacial score (nSPS) is 11.2. The number of esters is 1. The van der Waals surface area contributed by atoms with Gasteiger partial charge in [-0.05, 0) is 29.8 Å². The van der Waals surface area contributed by atoms with Crippen LogP contribution < -0.4 is 21.5 Å². The molecule has 0 saturated heterocycles. The van der Waals surface area contributed by atoms with E-state index in [2.05, 4.69) is 11.5 Å². The molecule has 3 rings (SSSR count). The Morgan fingerprint density at radius 2 is 1.88 bits per heavy atom. The van der Waals surface area contributed by atoms with Crippen LogP contribution in [-0.4, -0.2) is 22.2 Å². The van der Waals surface area contributed by atoms with Crippen LogP contribution in [0.4, 0.5) is 0 Å². The second-order valence-electron chi connectivity index (χ2n) is 5.63. The van der Waals surface area contributed by atoms with E-state index in [-0.39, 0.29) is 23.6 Å². The van der Waals surface area contributed by atoms with Crippen LogP contribution in [0.5, 0.6) is 0 Å². The van der Waals surface area contributed by atoms with Gasteiger partial charge < -0.3 is 26.8 Å². The summed E-state index contributed by atoms with van der Waals surface area (Å²) in [6.45, 7) is 5.76. The van der Waals surface area contributed by atoms with E-state index in [0.29, 0.717) is 16.3 Å². The highest BCUT2D eigenvalue weighted by Crippen LogP contribution is 2.36. The highest BCUT2D eigenvalue weighted by Gasteiger charge is 2.43. The van der Waals surface area contributed by atoms with Gasteiger partial charge in [-0.1, -0.05) is 12.1 Å². The fourth-order valence-corrected chi connectivity index (χ4v) is 4.46. The van der Waals surface area contributed by atoms with E-state index in [1.165, 1.54) is 22.7 Å². The second kappa shape index (κ2) is 8.94. The molecule has 0 aliphatic rings. The predicted molar refractivity (Wildman–Crippen MR) is 97.6 cm³/mol. The Hall–Kier alpha value is -1.48. The van der Waals surface area contributed by atoms with Crippen molar-refractivity contribution in [2.24, 2.45) is 0 Å². The van der Waals surface area contributed by atoms with Gasteiger partial charge in [0.2, 0.25) is 5.60 Å². The maximum absolute atomic E-state index is 12.7. The van der Waals surface area contributed by atoms with E-state index in [0.717, 1.165) is 12.4 Å². The van der Waals surface area contributed by atoms with Crippen LogP contribution in [0, 0.1) is 6.92 Å². The van der Waals surface area contributed by atoms with Crippen LogP contribution in [0.1, 0.15) is 22.5 Å². The lowest BCUT2D eigenvalue weighted by Crippen LogP contribution is -3.00. The number of aryl methyl sites for hydroxylation is 1. The van der Waals surface area contributed by atoms with Crippen molar-refractivity contribution in [1.82, 2.24) is 4.57 Å². The number of hydrogen-bond donors (Lipinski definition) is 1. The fourth-order valence-electron chi connectivity index (χ4n) is 2.74. The molecule has 0 bridgehead atoms. The molecular weight excluding hydrogens is 436 g/mol. The number of halogens is 1. The number of carbonyl (C=O) groups is 1. The molecule has 0 aliphatic carbocycles. The van der Waals surface area contributed by atoms with Gasteiger partial charge in [-0.25, -0.2) is 13.9 Å². The Bertz CT molecular complexity index is 795. The zero-order valence-corrected chi connectivity index (χ0v) is 17.8. The molecule has 5 nitrogen and oxygen atoms in total. The lowest BCUT2D eigenvalue weighted by Gasteiger charge is -2.23. The van der Waals surface area contributed by atoms with E-state index < -0.39 is 11.6 Å². The summed E-state index contributed by atoms with van der Waals surface area (Å²) in [5.74, 6) is 0.468. The van der Waals surface area contributed by atoms with Crippen molar-refractivity contribution in [3.05, 3.63) is 63.0 Å². The molecule has 0 radical (unpaired) electrons. The Morgan fingerprint density at radius 3 is 2.35 bits per heavy atom. The van der Waals surface area contributed by atoms with Crippen LogP contribution in [0.3, 0.4) is 0 Å². The number of carbonyl (C=O) groups excluding carboxylic acids is 1. The fraction of sp³-hybridized carbons (Fsp3) is 0.333. The molecule has 0 aliphatic heterocycles. The molecule has 0 spiro atoms. The van der Waals surface area contributed by atoms with E-state index in [1.54, 1.807) is 12.1 Å². The predicted octanol–water partition coefficient (Wildman–Crippen LogP) is -0.290. The Morgan fingerprint density at radius 1 is 1.27 bits per heavy atom. The number of rotatable bonds is 7. The van der Waals surface area contributed by atoms with E-state index in [1.807, 2.05) is 46.8 Å². The molecule has 0 amide bonds. The zero-order valence-electron chi connectivity index (χ0n) is 14.6. The minimum absolute atomic E-state index is 0. The molecule has 3 aromatic heterocycles. The molecule has 26 heavy (non-hydrogen) atoms. The third kappa shape index (κ3) is 3.93. The third-order valence-corrected chi connectivity index (χ3v) is 6.17. The summed E-state index contributed by atoms with van der Waals surface area (Å²) in [6.07, 6.45) is 3.97. The lowest BCUT2D eigenvalue weighted by molar-refractivity contribution is -0.699. The number of nitrogens with zero attached hydrogens (tertiary/aromatic N) is 2. The van der Waals surface area contributed by atoms with Crippen molar-refractivity contribution in [3.8, 4) is 0 Å². The van der Waals surface area contributed by atoms with E-state index in [9.17, 15) is 9.90 Å². The summed E-state index contributed by atoms with van der Waals surface area (Å²) in [6, 6.07) is 7.15. The molecule has 0 saturated carbocycles. The van der Waals surface area contributed by atoms with Gasteiger partial charge in [0.15, 0.2) is 0 Å². The van der Waals surface area contributed by atoms with Crippen molar-refractivity contribution in [1.29, 1.82) is 0 Å². The molecule has 8 heteroatoms.